The molecular weight excluding hydrogens is 594 g/mol. The average molecular weight is 620 g/mol. The molecule has 12 heteroatoms. The van der Waals surface area contributed by atoms with Crippen molar-refractivity contribution in [1.82, 2.24) is 19.5 Å². The second kappa shape index (κ2) is 12.9. The molecule has 1 atom stereocenters. The first kappa shape index (κ1) is 29.5. The van der Waals surface area contributed by atoms with Gasteiger partial charge in [0.1, 0.15) is 0 Å². The maximum Gasteiger partial charge on any atom is 0.269 e. The molecule has 0 saturated heterocycles. The SMILES string of the molecule is Cc1ccc(Cl)cc1-n1c(SCc2ccccc2)nnc1C(Cc1ccccc1)NS(=O)(=O)c1ccc([N+](=O)[O-])cc1. The molecule has 42 heavy (non-hydrogen) atoms. The van der Waals surface area contributed by atoms with Crippen molar-refractivity contribution in [2.24, 2.45) is 0 Å². The molecule has 1 aromatic heterocycles. The van der Waals surface area contributed by atoms with Gasteiger partial charge in [0.05, 0.1) is 21.5 Å². The molecule has 0 aliphatic carbocycles. The number of thioether (sulfide) groups is 1. The smallest absolute Gasteiger partial charge is 0.269 e. The minimum atomic E-state index is -4.12. The van der Waals surface area contributed by atoms with Crippen molar-refractivity contribution in [3.8, 4) is 5.69 Å². The van der Waals surface area contributed by atoms with Crippen LogP contribution in [-0.2, 0) is 22.2 Å². The number of hydrogen-bond donors (Lipinski definition) is 1. The minimum absolute atomic E-state index is 0.102. The largest absolute Gasteiger partial charge is 0.272 e. The van der Waals surface area contributed by atoms with E-state index < -0.39 is 21.0 Å². The number of nitrogens with zero attached hydrogens (tertiary/aromatic N) is 4. The fourth-order valence-electron chi connectivity index (χ4n) is 4.41. The maximum absolute atomic E-state index is 13.6. The number of rotatable bonds is 11. The average Bonchev–Trinajstić information content (AvgIpc) is 3.41. The van der Waals surface area contributed by atoms with Gasteiger partial charge in [-0.25, -0.2) is 13.1 Å². The summed E-state index contributed by atoms with van der Waals surface area (Å²) in [6, 6.07) is 28.8. The Hall–Kier alpha value is -4.03. The number of sulfonamides is 1. The minimum Gasteiger partial charge on any atom is -0.272 e. The third kappa shape index (κ3) is 6.88. The summed E-state index contributed by atoms with van der Waals surface area (Å²) in [6.45, 7) is 1.94. The van der Waals surface area contributed by atoms with Crippen LogP contribution >= 0.6 is 23.4 Å². The predicted octanol–water partition coefficient (Wildman–Crippen LogP) is 6.69. The third-order valence-electron chi connectivity index (χ3n) is 6.53. The lowest BCUT2D eigenvalue weighted by Crippen LogP contribution is -2.32. The van der Waals surface area contributed by atoms with Gasteiger partial charge >= 0.3 is 0 Å². The molecule has 0 aliphatic heterocycles. The Morgan fingerprint density at radius 2 is 1.57 bits per heavy atom. The van der Waals surface area contributed by atoms with Crippen LogP contribution in [0, 0.1) is 17.0 Å². The summed E-state index contributed by atoms with van der Waals surface area (Å²) in [5.74, 6) is 1.00. The lowest BCUT2D eigenvalue weighted by Gasteiger charge is -2.21. The molecule has 0 aliphatic rings. The molecule has 0 amide bonds. The quantitative estimate of drug-likeness (QED) is 0.0993. The van der Waals surface area contributed by atoms with E-state index >= 15 is 0 Å². The van der Waals surface area contributed by atoms with E-state index in [1.54, 1.807) is 12.1 Å². The molecule has 5 aromatic rings. The lowest BCUT2D eigenvalue weighted by molar-refractivity contribution is -0.384. The van der Waals surface area contributed by atoms with Gasteiger partial charge in [-0.1, -0.05) is 90.1 Å². The summed E-state index contributed by atoms with van der Waals surface area (Å²) in [5.41, 5.74) is 3.40. The summed E-state index contributed by atoms with van der Waals surface area (Å²) in [7, 11) is -4.12. The van der Waals surface area contributed by atoms with Crippen LogP contribution in [0.4, 0.5) is 5.69 Å². The number of non-ortho nitro benzene ring substituents is 1. The van der Waals surface area contributed by atoms with Gasteiger partial charge in [0.25, 0.3) is 5.69 Å². The van der Waals surface area contributed by atoms with E-state index in [2.05, 4.69) is 14.9 Å². The number of aromatic nitrogens is 3. The fraction of sp³-hybridized carbons (Fsp3) is 0.133. The molecule has 1 unspecified atom stereocenters. The number of nitrogens with one attached hydrogen (secondary N) is 1. The van der Waals surface area contributed by atoms with Crippen LogP contribution in [0.15, 0.2) is 113 Å². The van der Waals surface area contributed by atoms with Crippen molar-refractivity contribution in [1.29, 1.82) is 0 Å². The highest BCUT2D eigenvalue weighted by atomic mass is 35.5. The Balaban J connectivity index is 1.60. The van der Waals surface area contributed by atoms with Crippen LogP contribution in [0.25, 0.3) is 5.69 Å². The number of hydrogen-bond acceptors (Lipinski definition) is 7. The van der Waals surface area contributed by atoms with Crippen LogP contribution in [0.3, 0.4) is 0 Å². The molecule has 1 heterocycles. The highest BCUT2D eigenvalue weighted by molar-refractivity contribution is 7.98. The summed E-state index contributed by atoms with van der Waals surface area (Å²) in [5, 5.41) is 21.2. The highest BCUT2D eigenvalue weighted by Crippen LogP contribution is 2.32. The van der Waals surface area contributed by atoms with Gasteiger partial charge < -0.3 is 0 Å². The number of halogens is 1. The molecule has 0 saturated carbocycles. The van der Waals surface area contributed by atoms with Crippen molar-refractivity contribution >= 4 is 39.1 Å². The zero-order valence-electron chi connectivity index (χ0n) is 22.4. The van der Waals surface area contributed by atoms with E-state index in [1.807, 2.05) is 78.2 Å². The lowest BCUT2D eigenvalue weighted by atomic mass is 10.1. The molecule has 214 valence electrons. The zero-order valence-corrected chi connectivity index (χ0v) is 24.8. The van der Waals surface area contributed by atoms with Crippen LogP contribution in [0.2, 0.25) is 5.02 Å². The van der Waals surface area contributed by atoms with Gasteiger partial charge in [0, 0.05) is 22.9 Å². The van der Waals surface area contributed by atoms with Crippen molar-refractivity contribution in [3.05, 3.63) is 141 Å². The molecule has 0 fully saturated rings. The first-order valence-electron chi connectivity index (χ1n) is 12.9. The van der Waals surface area contributed by atoms with Crippen LogP contribution in [0.1, 0.15) is 28.6 Å². The van der Waals surface area contributed by atoms with E-state index in [0.29, 0.717) is 21.8 Å². The second-order valence-electron chi connectivity index (χ2n) is 9.50. The van der Waals surface area contributed by atoms with E-state index in [4.69, 9.17) is 11.6 Å². The first-order chi connectivity index (χ1) is 20.2. The molecule has 0 radical (unpaired) electrons. The summed E-state index contributed by atoms with van der Waals surface area (Å²) >= 11 is 7.90. The Kier molecular flexibility index (Phi) is 9.03. The normalized spacial score (nSPS) is 12.2. The Labute approximate surface area is 252 Å². The number of aryl methyl sites for hydroxylation is 1. The standard InChI is InChI=1S/C30H26ClN5O4S2/c1-21-12-13-24(31)19-28(21)35-29(32-33-30(35)41-20-23-10-6-3-7-11-23)27(18-22-8-4-2-5-9-22)34-42(39,40)26-16-14-25(15-17-26)36(37)38/h2-17,19,27,34H,18,20H2,1H3. The van der Waals surface area contributed by atoms with E-state index in [-0.39, 0.29) is 17.0 Å². The molecular formula is C30H26ClN5O4S2. The van der Waals surface area contributed by atoms with Gasteiger partial charge in [0.2, 0.25) is 10.0 Å². The van der Waals surface area contributed by atoms with Gasteiger partial charge in [-0.2, -0.15) is 0 Å². The summed E-state index contributed by atoms with van der Waals surface area (Å²) in [4.78, 5) is 10.4. The van der Waals surface area contributed by atoms with E-state index in [0.717, 1.165) is 34.5 Å². The highest BCUT2D eigenvalue weighted by Gasteiger charge is 2.29. The fourth-order valence-corrected chi connectivity index (χ4v) is 6.68. The topological polar surface area (TPSA) is 120 Å². The predicted molar refractivity (Wildman–Crippen MR) is 163 cm³/mol. The Morgan fingerprint density at radius 3 is 2.21 bits per heavy atom. The van der Waals surface area contributed by atoms with Crippen LogP contribution in [-0.4, -0.2) is 28.1 Å². The molecule has 0 bridgehead atoms. The van der Waals surface area contributed by atoms with E-state index in [1.165, 1.54) is 23.9 Å². The van der Waals surface area contributed by atoms with Crippen molar-refractivity contribution in [3.63, 3.8) is 0 Å². The van der Waals surface area contributed by atoms with Crippen molar-refractivity contribution < 1.29 is 13.3 Å². The first-order valence-corrected chi connectivity index (χ1v) is 15.8. The van der Waals surface area contributed by atoms with Gasteiger partial charge in [-0.3, -0.25) is 14.7 Å². The maximum atomic E-state index is 13.6. The molecule has 0 spiro atoms. The van der Waals surface area contributed by atoms with Crippen molar-refractivity contribution in [2.45, 2.75) is 35.2 Å². The van der Waals surface area contributed by atoms with Gasteiger partial charge in [-0.05, 0) is 54.3 Å². The van der Waals surface area contributed by atoms with Crippen molar-refractivity contribution in [2.75, 3.05) is 0 Å². The Morgan fingerprint density at radius 1 is 0.929 bits per heavy atom. The van der Waals surface area contributed by atoms with Crippen LogP contribution in [0.5, 0.6) is 0 Å². The van der Waals surface area contributed by atoms with Gasteiger partial charge in [0.15, 0.2) is 11.0 Å². The molecule has 9 nitrogen and oxygen atoms in total. The number of nitro benzene ring substituents is 1. The number of benzene rings is 4. The molecule has 5 rings (SSSR count). The second-order valence-corrected chi connectivity index (χ2v) is 12.6. The summed E-state index contributed by atoms with van der Waals surface area (Å²) in [6.07, 6.45) is 0.272. The summed E-state index contributed by atoms with van der Waals surface area (Å²) < 4.78 is 31.9. The third-order valence-corrected chi connectivity index (χ3v) is 9.25. The monoisotopic (exact) mass is 619 g/mol. The van der Waals surface area contributed by atoms with E-state index in [9.17, 15) is 18.5 Å². The Bertz CT molecular complexity index is 1800. The molecule has 4 aromatic carbocycles. The zero-order chi connectivity index (χ0) is 29.7. The molecule has 1 N–H and O–H groups in total. The van der Waals surface area contributed by atoms with Crippen LogP contribution < -0.4 is 4.72 Å². The number of nitro groups is 1. The van der Waals surface area contributed by atoms with Gasteiger partial charge in [-0.15, -0.1) is 10.2 Å².